The van der Waals surface area contributed by atoms with Crippen LogP contribution in [0.5, 0.6) is 0 Å². The van der Waals surface area contributed by atoms with Crippen molar-refractivity contribution in [3.05, 3.63) is 41.5 Å². The number of hydrogen-bond acceptors (Lipinski definition) is 6. The molecule has 1 atom stereocenters. The van der Waals surface area contributed by atoms with E-state index in [-0.39, 0.29) is 5.91 Å². The van der Waals surface area contributed by atoms with Crippen molar-refractivity contribution in [1.29, 1.82) is 0 Å². The summed E-state index contributed by atoms with van der Waals surface area (Å²) in [5.74, 6) is 1.24. The molecule has 0 fully saturated rings. The van der Waals surface area contributed by atoms with Crippen molar-refractivity contribution in [3.8, 4) is 11.1 Å². The van der Waals surface area contributed by atoms with Crippen LogP contribution in [0.4, 0.5) is 5.82 Å². The first kappa shape index (κ1) is 18.3. The normalized spacial score (nSPS) is 12.2. The predicted octanol–water partition coefficient (Wildman–Crippen LogP) is 3.39. The minimum atomic E-state index is -0.401. The standard InChI is InChI=1S/C19H22N4O2S/c1-12(19(24)23(2)3)20-17-16-14(13-8-6-5-7-9-13)11-26-18(16)22-15(21-17)10-25-4/h5-9,11-12H,10H2,1-4H3,(H,20,21,22)/t12-/m0/s1. The molecule has 2 heterocycles. The number of fused-ring (bicyclic) bond motifs is 1. The van der Waals surface area contributed by atoms with Crippen molar-refractivity contribution >= 4 is 33.3 Å². The lowest BCUT2D eigenvalue weighted by molar-refractivity contribution is -0.129. The fourth-order valence-corrected chi connectivity index (χ4v) is 3.73. The van der Waals surface area contributed by atoms with Crippen LogP contribution in [0.1, 0.15) is 12.7 Å². The van der Waals surface area contributed by atoms with E-state index in [0.29, 0.717) is 18.2 Å². The molecule has 0 aliphatic heterocycles. The van der Waals surface area contributed by atoms with Gasteiger partial charge in [-0.2, -0.15) is 0 Å². The first-order valence-corrected chi connectivity index (χ1v) is 9.19. The van der Waals surface area contributed by atoms with Gasteiger partial charge in [0.15, 0.2) is 5.82 Å². The van der Waals surface area contributed by atoms with Gasteiger partial charge < -0.3 is 15.0 Å². The van der Waals surface area contributed by atoms with Crippen molar-refractivity contribution in [2.45, 2.75) is 19.6 Å². The second-order valence-electron chi connectivity index (χ2n) is 6.22. The fourth-order valence-electron chi connectivity index (χ4n) is 2.77. The second kappa shape index (κ2) is 7.80. The van der Waals surface area contributed by atoms with E-state index < -0.39 is 6.04 Å². The minimum Gasteiger partial charge on any atom is -0.377 e. The number of rotatable bonds is 6. The van der Waals surface area contributed by atoms with Crippen molar-refractivity contribution in [3.63, 3.8) is 0 Å². The first-order valence-electron chi connectivity index (χ1n) is 8.31. The first-order chi connectivity index (χ1) is 12.5. The number of nitrogens with zero attached hydrogens (tertiary/aromatic N) is 3. The smallest absolute Gasteiger partial charge is 0.244 e. The molecule has 0 saturated heterocycles. The highest BCUT2D eigenvalue weighted by Gasteiger charge is 2.20. The van der Waals surface area contributed by atoms with Crippen LogP contribution in [0.2, 0.25) is 0 Å². The molecular formula is C19H22N4O2S. The Hall–Kier alpha value is -2.51. The summed E-state index contributed by atoms with van der Waals surface area (Å²) in [7, 11) is 5.10. The number of nitrogens with one attached hydrogen (secondary N) is 1. The predicted molar refractivity (Wildman–Crippen MR) is 105 cm³/mol. The van der Waals surface area contributed by atoms with E-state index in [0.717, 1.165) is 21.3 Å². The summed E-state index contributed by atoms with van der Waals surface area (Å²) in [5.41, 5.74) is 2.15. The van der Waals surface area contributed by atoms with E-state index in [1.807, 2.05) is 25.1 Å². The van der Waals surface area contributed by atoms with Gasteiger partial charge in [0.25, 0.3) is 0 Å². The summed E-state index contributed by atoms with van der Waals surface area (Å²) in [6, 6.07) is 9.71. The second-order valence-corrected chi connectivity index (χ2v) is 7.07. The van der Waals surface area contributed by atoms with E-state index in [1.165, 1.54) is 0 Å². The number of aromatic nitrogens is 2. The number of anilines is 1. The van der Waals surface area contributed by atoms with Crippen molar-refractivity contribution in [2.24, 2.45) is 0 Å². The van der Waals surface area contributed by atoms with Gasteiger partial charge in [0, 0.05) is 32.1 Å². The van der Waals surface area contributed by atoms with Crippen molar-refractivity contribution in [1.82, 2.24) is 14.9 Å². The van der Waals surface area contributed by atoms with Gasteiger partial charge in [-0.15, -0.1) is 11.3 Å². The lowest BCUT2D eigenvalue weighted by Crippen LogP contribution is -2.37. The Bertz CT molecular complexity index is 909. The molecule has 0 unspecified atom stereocenters. The number of carbonyl (C=O) groups excluding carboxylic acids is 1. The molecule has 1 amide bonds. The molecule has 1 N–H and O–H groups in total. The zero-order valence-electron chi connectivity index (χ0n) is 15.3. The maximum Gasteiger partial charge on any atom is 0.244 e. The third kappa shape index (κ3) is 3.68. The Balaban J connectivity index is 2.11. The summed E-state index contributed by atoms with van der Waals surface area (Å²) in [6.45, 7) is 2.15. The Morgan fingerprint density at radius 1 is 1.27 bits per heavy atom. The Morgan fingerprint density at radius 2 is 2.00 bits per heavy atom. The molecule has 0 spiro atoms. The zero-order chi connectivity index (χ0) is 18.7. The van der Waals surface area contributed by atoms with Crippen molar-refractivity contribution in [2.75, 3.05) is 26.5 Å². The van der Waals surface area contributed by atoms with Crippen LogP contribution in [0.3, 0.4) is 0 Å². The number of hydrogen-bond donors (Lipinski definition) is 1. The Morgan fingerprint density at radius 3 is 2.65 bits per heavy atom. The molecule has 1 aromatic carbocycles. The zero-order valence-corrected chi connectivity index (χ0v) is 16.1. The number of carbonyl (C=O) groups is 1. The molecule has 7 heteroatoms. The minimum absolute atomic E-state index is 0.0125. The van der Waals surface area contributed by atoms with E-state index in [2.05, 4.69) is 32.8 Å². The van der Waals surface area contributed by atoms with Gasteiger partial charge in [0.05, 0.1) is 5.39 Å². The summed E-state index contributed by atoms with van der Waals surface area (Å²) in [6.07, 6.45) is 0. The molecule has 6 nitrogen and oxygen atoms in total. The molecule has 0 aliphatic carbocycles. The maximum absolute atomic E-state index is 12.3. The Labute approximate surface area is 156 Å². The molecular weight excluding hydrogens is 348 g/mol. The van der Waals surface area contributed by atoms with Gasteiger partial charge in [0.2, 0.25) is 5.91 Å². The summed E-state index contributed by atoms with van der Waals surface area (Å²) < 4.78 is 5.19. The average molecular weight is 370 g/mol. The van der Waals surface area contributed by atoms with Crippen LogP contribution in [-0.2, 0) is 16.1 Å². The molecule has 0 radical (unpaired) electrons. The summed E-state index contributed by atoms with van der Waals surface area (Å²) >= 11 is 1.56. The van der Waals surface area contributed by atoms with E-state index in [4.69, 9.17) is 4.74 Å². The third-order valence-electron chi connectivity index (χ3n) is 4.00. The molecule has 0 saturated carbocycles. The van der Waals surface area contributed by atoms with Crippen LogP contribution in [-0.4, -0.2) is 48.0 Å². The quantitative estimate of drug-likeness (QED) is 0.720. The topological polar surface area (TPSA) is 67.3 Å². The van der Waals surface area contributed by atoms with Crippen LogP contribution < -0.4 is 5.32 Å². The number of ether oxygens (including phenoxy) is 1. The number of thiophene rings is 1. The van der Waals surface area contributed by atoms with Gasteiger partial charge in [-0.25, -0.2) is 9.97 Å². The molecule has 26 heavy (non-hydrogen) atoms. The molecule has 0 aliphatic rings. The monoisotopic (exact) mass is 370 g/mol. The van der Waals surface area contributed by atoms with Gasteiger partial charge in [-0.1, -0.05) is 30.3 Å². The summed E-state index contributed by atoms with van der Waals surface area (Å²) in [4.78, 5) is 24.0. The highest BCUT2D eigenvalue weighted by Crippen LogP contribution is 2.37. The third-order valence-corrected chi connectivity index (χ3v) is 4.87. The van der Waals surface area contributed by atoms with Crippen LogP contribution in [0, 0.1) is 0 Å². The molecule has 136 valence electrons. The van der Waals surface area contributed by atoms with Crippen LogP contribution in [0.25, 0.3) is 21.3 Å². The SMILES string of the molecule is COCc1nc(N[C@@H](C)C(=O)N(C)C)c2c(-c3ccccc3)csc2n1. The lowest BCUT2D eigenvalue weighted by Gasteiger charge is -2.19. The Kier molecular flexibility index (Phi) is 5.49. The molecule has 3 rings (SSSR count). The average Bonchev–Trinajstić information content (AvgIpc) is 3.06. The number of likely N-dealkylation sites (N-methyl/N-ethyl adjacent to an activating group) is 1. The van der Waals surface area contributed by atoms with Gasteiger partial charge in [-0.05, 0) is 12.5 Å². The highest BCUT2D eigenvalue weighted by molar-refractivity contribution is 7.17. The van der Waals surface area contributed by atoms with Crippen molar-refractivity contribution < 1.29 is 9.53 Å². The number of benzene rings is 1. The van der Waals surface area contributed by atoms with Crippen LogP contribution >= 0.6 is 11.3 Å². The summed E-state index contributed by atoms with van der Waals surface area (Å²) in [5, 5.41) is 6.28. The van der Waals surface area contributed by atoms with E-state index in [1.54, 1.807) is 37.4 Å². The van der Waals surface area contributed by atoms with Gasteiger partial charge in [-0.3, -0.25) is 4.79 Å². The van der Waals surface area contributed by atoms with Gasteiger partial charge >= 0.3 is 0 Å². The largest absolute Gasteiger partial charge is 0.377 e. The van der Waals surface area contributed by atoms with Gasteiger partial charge in [0.1, 0.15) is 23.3 Å². The lowest BCUT2D eigenvalue weighted by atomic mass is 10.1. The fraction of sp³-hybridized carbons (Fsp3) is 0.316. The molecule has 3 aromatic rings. The number of amides is 1. The van der Waals surface area contributed by atoms with E-state index >= 15 is 0 Å². The molecule has 2 aromatic heterocycles. The highest BCUT2D eigenvalue weighted by atomic mass is 32.1. The molecule has 0 bridgehead atoms. The van der Waals surface area contributed by atoms with Crippen LogP contribution in [0.15, 0.2) is 35.7 Å². The number of methoxy groups -OCH3 is 1. The maximum atomic E-state index is 12.3. The van der Waals surface area contributed by atoms with E-state index in [9.17, 15) is 4.79 Å².